The smallest absolute Gasteiger partial charge is 0.306 e. The fourth-order valence-corrected chi connectivity index (χ4v) is 10.0. The Kier molecular flexibility index (Phi) is 66.7. The first-order valence-electron chi connectivity index (χ1n) is 35.2. The third kappa shape index (κ3) is 67.1. The lowest BCUT2D eigenvalue weighted by Crippen LogP contribution is -2.30. The molecular formula is C76H132O6. The molecule has 0 aliphatic carbocycles. The van der Waals surface area contributed by atoms with Crippen LogP contribution in [0.25, 0.3) is 0 Å². The Morgan fingerprint density at radius 1 is 0.256 bits per heavy atom. The van der Waals surface area contributed by atoms with E-state index in [0.29, 0.717) is 19.3 Å². The molecule has 0 aliphatic rings. The molecule has 6 nitrogen and oxygen atoms in total. The highest BCUT2D eigenvalue weighted by atomic mass is 16.6. The van der Waals surface area contributed by atoms with Crippen LogP contribution in [-0.4, -0.2) is 37.2 Å². The van der Waals surface area contributed by atoms with E-state index in [2.05, 4.69) is 118 Å². The number of carbonyl (C=O) groups is 3. The molecule has 0 spiro atoms. The minimum atomic E-state index is -0.786. The Hall–Kier alpha value is -3.67. The molecule has 0 N–H and O–H groups in total. The second-order valence-corrected chi connectivity index (χ2v) is 23.4. The highest BCUT2D eigenvalue weighted by molar-refractivity contribution is 5.71. The molecule has 0 saturated carbocycles. The van der Waals surface area contributed by atoms with Crippen LogP contribution in [-0.2, 0) is 28.6 Å². The highest BCUT2D eigenvalue weighted by Gasteiger charge is 2.19. The Balaban J connectivity index is 4.31. The molecule has 1 atom stereocenters. The summed E-state index contributed by atoms with van der Waals surface area (Å²) in [5, 5.41) is 0. The number of ether oxygens (including phenoxy) is 3. The summed E-state index contributed by atoms with van der Waals surface area (Å²) in [6.45, 7) is 6.54. The van der Waals surface area contributed by atoms with Gasteiger partial charge in [-0.15, -0.1) is 0 Å². The molecule has 0 amide bonds. The normalized spacial score (nSPS) is 12.7. The van der Waals surface area contributed by atoms with Gasteiger partial charge in [0.1, 0.15) is 13.2 Å². The second kappa shape index (κ2) is 69.8. The van der Waals surface area contributed by atoms with Gasteiger partial charge in [-0.3, -0.25) is 14.4 Å². The zero-order valence-corrected chi connectivity index (χ0v) is 54.2. The Labute approximate surface area is 508 Å². The van der Waals surface area contributed by atoms with Crippen molar-refractivity contribution in [2.24, 2.45) is 0 Å². The van der Waals surface area contributed by atoms with Gasteiger partial charge < -0.3 is 14.2 Å². The molecule has 0 rings (SSSR count). The van der Waals surface area contributed by atoms with Crippen molar-refractivity contribution in [2.75, 3.05) is 13.2 Å². The zero-order valence-electron chi connectivity index (χ0n) is 54.2. The summed E-state index contributed by atoms with van der Waals surface area (Å²) < 4.78 is 17.0. The van der Waals surface area contributed by atoms with E-state index in [0.717, 1.165) is 103 Å². The maximum absolute atomic E-state index is 12.9. The first-order valence-corrected chi connectivity index (χ1v) is 35.2. The van der Waals surface area contributed by atoms with Gasteiger partial charge in [0.2, 0.25) is 0 Å². The van der Waals surface area contributed by atoms with E-state index < -0.39 is 6.10 Å². The van der Waals surface area contributed by atoms with Crippen molar-refractivity contribution in [3.63, 3.8) is 0 Å². The lowest BCUT2D eigenvalue weighted by molar-refractivity contribution is -0.167. The van der Waals surface area contributed by atoms with Crippen molar-refractivity contribution >= 4 is 17.9 Å². The van der Waals surface area contributed by atoms with Crippen LogP contribution in [0.5, 0.6) is 0 Å². The second-order valence-electron chi connectivity index (χ2n) is 23.4. The predicted octanol–water partition coefficient (Wildman–Crippen LogP) is 24.4. The SMILES string of the molecule is CC/C=C\C/C=C\C/C=C\C/C=C\C/C=C\CCCCCCCCCCCCCCCC(=O)OCC(COC(=O)CCCCCCCCC/C=C\CCCCCCCC)OC(=O)CCCCCCCCC/C=C\C/C=C\CCCCCC. The van der Waals surface area contributed by atoms with E-state index in [9.17, 15) is 14.4 Å². The van der Waals surface area contributed by atoms with Gasteiger partial charge in [0, 0.05) is 19.3 Å². The predicted molar refractivity (Wildman–Crippen MR) is 357 cm³/mol. The van der Waals surface area contributed by atoms with Gasteiger partial charge in [0.15, 0.2) is 6.10 Å². The average molecular weight is 1140 g/mol. The van der Waals surface area contributed by atoms with Gasteiger partial charge in [0.25, 0.3) is 0 Å². The summed E-state index contributed by atoms with van der Waals surface area (Å²) in [5.41, 5.74) is 0. The summed E-state index contributed by atoms with van der Waals surface area (Å²) in [6.07, 6.45) is 94.2. The maximum Gasteiger partial charge on any atom is 0.306 e. The first-order chi connectivity index (χ1) is 40.5. The monoisotopic (exact) mass is 1140 g/mol. The molecule has 0 aromatic rings. The Bertz CT molecular complexity index is 1590. The maximum atomic E-state index is 12.9. The van der Waals surface area contributed by atoms with Crippen molar-refractivity contribution in [1.82, 2.24) is 0 Å². The van der Waals surface area contributed by atoms with Crippen LogP contribution in [0.2, 0.25) is 0 Å². The van der Waals surface area contributed by atoms with E-state index in [4.69, 9.17) is 14.2 Å². The number of esters is 3. The molecule has 0 bridgehead atoms. The van der Waals surface area contributed by atoms with E-state index in [1.54, 1.807) is 0 Å². The van der Waals surface area contributed by atoms with Crippen molar-refractivity contribution in [3.8, 4) is 0 Å². The Morgan fingerprint density at radius 2 is 0.476 bits per heavy atom. The van der Waals surface area contributed by atoms with E-state index in [1.165, 1.54) is 205 Å². The third-order valence-corrected chi connectivity index (χ3v) is 15.3. The van der Waals surface area contributed by atoms with Gasteiger partial charge >= 0.3 is 17.9 Å². The number of hydrogen-bond donors (Lipinski definition) is 0. The zero-order chi connectivity index (χ0) is 59.2. The van der Waals surface area contributed by atoms with Crippen molar-refractivity contribution in [2.45, 2.75) is 354 Å². The number of rotatable bonds is 64. The minimum absolute atomic E-state index is 0.0805. The van der Waals surface area contributed by atoms with Crippen LogP contribution in [0.3, 0.4) is 0 Å². The molecule has 1 unspecified atom stereocenters. The lowest BCUT2D eigenvalue weighted by atomic mass is 10.0. The highest BCUT2D eigenvalue weighted by Crippen LogP contribution is 2.17. The van der Waals surface area contributed by atoms with Crippen molar-refractivity contribution in [3.05, 3.63) is 97.2 Å². The Morgan fingerprint density at radius 3 is 0.768 bits per heavy atom. The lowest BCUT2D eigenvalue weighted by Gasteiger charge is -2.18. The summed E-state index contributed by atoms with van der Waals surface area (Å²) in [4.78, 5) is 38.5. The molecule has 0 aliphatic heterocycles. The fourth-order valence-electron chi connectivity index (χ4n) is 10.0. The van der Waals surface area contributed by atoms with Gasteiger partial charge in [-0.1, -0.05) is 304 Å². The minimum Gasteiger partial charge on any atom is -0.462 e. The van der Waals surface area contributed by atoms with Gasteiger partial charge in [-0.2, -0.15) is 0 Å². The summed E-state index contributed by atoms with van der Waals surface area (Å²) in [7, 11) is 0. The summed E-state index contributed by atoms with van der Waals surface area (Å²) in [5.74, 6) is -0.877. The first kappa shape index (κ1) is 78.3. The van der Waals surface area contributed by atoms with E-state index in [-0.39, 0.29) is 31.1 Å². The molecule has 0 aromatic carbocycles. The van der Waals surface area contributed by atoms with Gasteiger partial charge in [-0.05, 0) is 122 Å². The molecule has 0 saturated heterocycles. The van der Waals surface area contributed by atoms with Crippen LogP contribution in [0.1, 0.15) is 348 Å². The van der Waals surface area contributed by atoms with Crippen LogP contribution < -0.4 is 0 Å². The molecule has 472 valence electrons. The molecule has 6 heteroatoms. The van der Waals surface area contributed by atoms with Crippen LogP contribution in [0, 0.1) is 0 Å². The van der Waals surface area contributed by atoms with E-state index in [1.807, 2.05) is 0 Å². The number of hydrogen-bond acceptors (Lipinski definition) is 6. The standard InChI is InChI=1S/C76H132O6/c1-4-7-10-13-16-19-22-25-28-31-33-34-35-36-37-38-39-40-41-42-43-46-48-51-54-57-60-63-66-69-75(78)81-72-73(71-80-74(77)68-65-62-59-56-53-50-47-44-30-27-24-21-18-15-12-9-6-3)82-76(79)70-67-64-61-58-55-52-49-45-32-29-26-23-20-17-14-11-8-5-2/h7,10,16,19-20,23,25,27-30,32-34,36-37,73H,4-6,8-9,11-15,17-18,21-22,24,26,31,35,38-72H2,1-3H3/b10-7-,19-16-,23-20-,28-25-,30-27-,32-29-,34-33-,37-36-. The number of allylic oxidation sites excluding steroid dienone is 16. The largest absolute Gasteiger partial charge is 0.462 e. The molecule has 0 aromatic heterocycles. The van der Waals surface area contributed by atoms with Crippen molar-refractivity contribution < 1.29 is 28.6 Å². The third-order valence-electron chi connectivity index (χ3n) is 15.3. The summed E-state index contributed by atoms with van der Waals surface area (Å²) in [6, 6.07) is 0. The fraction of sp³-hybridized carbons (Fsp3) is 0.750. The van der Waals surface area contributed by atoms with Crippen LogP contribution in [0.15, 0.2) is 97.2 Å². The van der Waals surface area contributed by atoms with E-state index >= 15 is 0 Å². The molecule has 0 fully saturated rings. The topological polar surface area (TPSA) is 78.9 Å². The van der Waals surface area contributed by atoms with Crippen molar-refractivity contribution in [1.29, 1.82) is 0 Å². The molecule has 82 heavy (non-hydrogen) atoms. The summed E-state index contributed by atoms with van der Waals surface area (Å²) >= 11 is 0. The molecular weight excluding hydrogens is 1010 g/mol. The van der Waals surface area contributed by atoms with Gasteiger partial charge in [-0.25, -0.2) is 0 Å². The average Bonchev–Trinajstić information content (AvgIpc) is 3.47. The van der Waals surface area contributed by atoms with Crippen LogP contribution in [0.4, 0.5) is 0 Å². The number of carbonyl (C=O) groups excluding carboxylic acids is 3. The molecule has 0 heterocycles. The molecule has 0 radical (unpaired) electrons. The van der Waals surface area contributed by atoms with Crippen LogP contribution >= 0.6 is 0 Å². The number of unbranched alkanes of at least 4 members (excludes halogenated alkanes) is 37. The quantitative estimate of drug-likeness (QED) is 0.0261. The van der Waals surface area contributed by atoms with Gasteiger partial charge in [0.05, 0.1) is 0 Å².